The summed E-state index contributed by atoms with van der Waals surface area (Å²) >= 11 is 0. The van der Waals surface area contributed by atoms with Crippen molar-refractivity contribution in [1.29, 1.82) is 0 Å². The highest BCUT2D eigenvalue weighted by Gasteiger charge is 2.16. The Morgan fingerprint density at radius 3 is 2.32 bits per heavy atom. The maximum atomic E-state index is 12.8. The summed E-state index contributed by atoms with van der Waals surface area (Å²) in [7, 11) is -0.146. The predicted octanol–water partition coefficient (Wildman–Crippen LogP) is 3.95. The van der Waals surface area contributed by atoms with E-state index in [9.17, 15) is 13.2 Å². The van der Waals surface area contributed by atoms with Crippen LogP contribution in [0.15, 0.2) is 77.7 Å². The van der Waals surface area contributed by atoms with E-state index in [0.29, 0.717) is 30.2 Å². The van der Waals surface area contributed by atoms with Gasteiger partial charge in [-0.2, -0.15) is 0 Å². The van der Waals surface area contributed by atoms with Crippen molar-refractivity contribution in [1.82, 2.24) is 4.90 Å². The lowest BCUT2D eigenvalue weighted by Gasteiger charge is -2.19. The monoisotopic (exact) mass is 439 g/mol. The van der Waals surface area contributed by atoms with Crippen molar-refractivity contribution in [3.63, 3.8) is 0 Å². The van der Waals surface area contributed by atoms with Gasteiger partial charge in [0.25, 0.3) is 5.91 Å². The number of hydrogen-bond acceptors (Lipinski definition) is 5. The third kappa shape index (κ3) is 5.86. The maximum Gasteiger partial charge on any atom is 0.253 e. The van der Waals surface area contributed by atoms with Crippen molar-refractivity contribution < 1.29 is 22.7 Å². The second-order valence-electron chi connectivity index (χ2n) is 7.22. The zero-order chi connectivity index (χ0) is 22.4. The molecule has 1 amide bonds. The number of sulfone groups is 1. The molecule has 0 saturated carbocycles. The number of carbonyl (C=O) groups is 1. The average molecular weight is 440 g/mol. The topological polar surface area (TPSA) is 72.9 Å². The lowest BCUT2D eigenvalue weighted by Crippen LogP contribution is -2.26. The van der Waals surface area contributed by atoms with Gasteiger partial charge >= 0.3 is 0 Å². The van der Waals surface area contributed by atoms with Gasteiger partial charge in [0.15, 0.2) is 21.3 Å². The molecule has 0 fully saturated rings. The summed E-state index contributed by atoms with van der Waals surface area (Å²) in [4.78, 5) is 14.4. The van der Waals surface area contributed by atoms with Crippen molar-refractivity contribution >= 4 is 15.7 Å². The molecule has 3 aromatic carbocycles. The molecule has 31 heavy (non-hydrogen) atoms. The van der Waals surface area contributed by atoms with Gasteiger partial charge < -0.3 is 14.4 Å². The molecule has 0 bridgehead atoms. The average Bonchev–Trinajstić information content (AvgIpc) is 2.77. The van der Waals surface area contributed by atoms with Crippen LogP contribution >= 0.6 is 0 Å². The third-order valence-electron chi connectivity index (χ3n) is 4.74. The van der Waals surface area contributed by atoms with E-state index in [-0.39, 0.29) is 10.8 Å². The second kappa shape index (κ2) is 9.66. The molecule has 3 aromatic rings. The first-order valence-corrected chi connectivity index (χ1v) is 11.6. The first kappa shape index (κ1) is 22.4. The highest BCUT2D eigenvalue weighted by molar-refractivity contribution is 7.90. The summed E-state index contributed by atoms with van der Waals surface area (Å²) in [6.07, 6.45) is 1.12. The van der Waals surface area contributed by atoms with Crippen LogP contribution < -0.4 is 9.47 Å². The minimum atomic E-state index is -3.38. The number of hydrogen-bond donors (Lipinski definition) is 0. The van der Waals surface area contributed by atoms with Gasteiger partial charge in [0.1, 0.15) is 6.61 Å². The Morgan fingerprint density at radius 2 is 1.65 bits per heavy atom. The highest BCUT2D eigenvalue weighted by Crippen LogP contribution is 2.29. The zero-order valence-electron chi connectivity index (χ0n) is 17.7. The molecule has 7 heteroatoms. The van der Waals surface area contributed by atoms with Crippen LogP contribution in [0.5, 0.6) is 11.5 Å². The Kier molecular flexibility index (Phi) is 6.97. The number of benzene rings is 3. The molecule has 0 aliphatic heterocycles. The fourth-order valence-electron chi connectivity index (χ4n) is 3.09. The van der Waals surface area contributed by atoms with Crippen molar-refractivity contribution in [3.05, 3.63) is 89.5 Å². The Labute approximate surface area is 183 Å². The summed E-state index contributed by atoms with van der Waals surface area (Å²) in [5.74, 6) is 0.923. The fourth-order valence-corrected chi connectivity index (χ4v) is 3.76. The third-order valence-corrected chi connectivity index (χ3v) is 5.85. The van der Waals surface area contributed by atoms with E-state index < -0.39 is 9.84 Å². The highest BCUT2D eigenvalue weighted by atomic mass is 32.2. The molecule has 162 valence electrons. The first-order chi connectivity index (χ1) is 14.8. The van der Waals surface area contributed by atoms with Crippen LogP contribution in [0.1, 0.15) is 21.5 Å². The summed E-state index contributed by atoms with van der Waals surface area (Å²) in [6, 6.07) is 21.4. The molecule has 0 spiro atoms. The van der Waals surface area contributed by atoms with Crippen LogP contribution in [0, 0.1) is 0 Å². The van der Waals surface area contributed by atoms with Gasteiger partial charge in [-0.25, -0.2) is 8.42 Å². The number of methoxy groups -OCH3 is 1. The van der Waals surface area contributed by atoms with E-state index in [2.05, 4.69) is 0 Å². The number of nitrogens with zero attached hydrogens (tertiary/aromatic N) is 1. The number of carbonyl (C=O) groups excluding carboxylic acids is 1. The van der Waals surface area contributed by atoms with Gasteiger partial charge in [-0.1, -0.05) is 42.5 Å². The lowest BCUT2D eigenvalue weighted by atomic mass is 10.1. The van der Waals surface area contributed by atoms with Crippen LogP contribution in [-0.2, 0) is 23.0 Å². The molecular weight excluding hydrogens is 414 g/mol. The maximum absolute atomic E-state index is 12.8. The van der Waals surface area contributed by atoms with Crippen molar-refractivity contribution in [2.45, 2.75) is 18.0 Å². The molecule has 0 unspecified atom stereocenters. The Hall–Kier alpha value is -3.32. The number of ether oxygens (including phenoxy) is 2. The summed E-state index contributed by atoms with van der Waals surface area (Å²) in [5, 5.41) is 0. The second-order valence-corrected chi connectivity index (χ2v) is 9.24. The van der Waals surface area contributed by atoms with Gasteiger partial charge in [-0.3, -0.25) is 4.79 Å². The minimum Gasteiger partial charge on any atom is -0.493 e. The van der Waals surface area contributed by atoms with Crippen molar-refractivity contribution in [2.75, 3.05) is 20.4 Å². The summed E-state index contributed by atoms with van der Waals surface area (Å²) < 4.78 is 34.9. The molecule has 0 aliphatic carbocycles. The molecule has 0 aromatic heterocycles. The van der Waals surface area contributed by atoms with Crippen LogP contribution in [0.3, 0.4) is 0 Å². The van der Waals surface area contributed by atoms with Gasteiger partial charge in [0.2, 0.25) is 0 Å². The van der Waals surface area contributed by atoms with E-state index in [1.165, 1.54) is 17.0 Å². The lowest BCUT2D eigenvalue weighted by molar-refractivity contribution is 0.0784. The Morgan fingerprint density at radius 1 is 0.903 bits per heavy atom. The molecule has 0 saturated heterocycles. The van der Waals surface area contributed by atoms with Gasteiger partial charge in [-0.05, 0) is 41.5 Å². The van der Waals surface area contributed by atoms with E-state index in [0.717, 1.165) is 17.4 Å². The first-order valence-electron chi connectivity index (χ1n) is 9.67. The standard InChI is InChI=1S/C24H25NO5S/c1-25(24(26)20-10-7-11-21(15-20)31(3,27)28)16-19-12-13-22(23(14-19)29-2)30-17-18-8-5-4-6-9-18/h4-15H,16-17H2,1-3H3. The molecule has 0 heterocycles. The normalized spacial score (nSPS) is 11.1. The van der Waals surface area contributed by atoms with E-state index in [1.807, 2.05) is 48.5 Å². The van der Waals surface area contributed by atoms with Crippen LogP contribution in [-0.4, -0.2) is 39.6 Å². The van der Waals surface area contributed by atoms with Gasteiger partial charge in [0, 0.05) is 25.4 Å². The minimum absolute atomic E-state index is 0.119. The Balaban J connectivity index is 1.71. The Bertz CT molecular complexity index is 1160. The summed E-state index contributed by atoms with van der Waals surface area (Å²) in [5.41, 5.74) is 2.23. The molecule has 6 nitrogen and oxygen atoms in total. The largest absolute Gasteiger partial charge is 0.493 e. The van der Waals surface area contributed by atoms with Gasteiger partial charge in [-0.15, -0.1) is 0 Å². The molecule has 0 aliphatic rings. The smallest absolute Gasteiger partial charge is 0.253 e. The molecule has 0 N–H and O–H groups in total. The van der Waals surface area contributed by atoms with E-state index in [4.69, 9.17) is 9.47 Å². The van der Waals surface area contributed by atoms with E-state index in [1.54, 1.807) is 26.3 Å². The van der Waals surface area contributed by atoms with Crippen LogP contribution in [0.25, 0.3) is 0 Å². The molecule has 3 rings (SSSR count). The predicted molar refractivity (Wildman–Crippen MR) is 119 cm³/mol. The van der Waals surface area contributed by atoms with Gasteiger partial charge in [0.05, 0.1) is 12.0 Å². The van der Waals surface area contributed by atoms with Crippen molar-refractivity contribution in [2.24, 2.45) is 0 Å². The molecule has 0 atom stereocenters. The zero-order valence-corrected chi connectivity index (χ0v) is 18.6. The van der Waals surface area contributed by atoms with Crippen LogP contribution in [0.2, 0.25) is 0 Å². The van der Waals surface area contributed by atoms with Crippen molar-refractivity contribution in [3.8, 4) is 11.5 Å². The molecular formula is C24H25NO5S. The SMILES string of the molecule is COc1cc(CN(C)C(=O)c2cccc(S(C)(=O)=O)c2)ccc1OCc1ccccc1. The van der Waals surface area contributed by atoms with E-state index >= 15 is 0 Å². The number of amides is 1. The van der Waals surface area contributed by atoms with Crippen LogP contribution in [0.4, 0.5) is 0 Å². The fraction of sp³-hybridized carbons (Fsp3) is 0.208. The molecule has 0 radical (unpaired) electrons. The summed E-state index contributed by atoms with van der Waals surface area (Å²) in [6.45, 7) is 0.753. The quantitative estimate of drug-likeness (QED) is 0.531. The number of rotatable bonds is 8.